The summed E-state index contributed by atoms with van der Waals surface area (Å²) in [6, 6.07) is 0. The third-order valence-electron chi connectivity index (χ3n) is 1.98. The van der Waals surface area contributed by atoms with Crippen molar-refractivity contribution in [3.63, 3.8) is 0 Å². The van der Waals surface area contributed by atoms with Crippen LogP contribution < -0.4 is 0 Å². The summed E-state index contributed by atoms with van der Waals surface area (Å²) in [5.41, 5.74) is 0.708. The first-order chi connectivity index (χ1) is 6.14. The van der Waals surface area contributed by atoms with Gasteiger partial charge in [0.25, 0.3) is 0 Å². The number of alkyl halides is 3. The lowest BCUT2D eigenvalue weighted by Crippen LogP contribution is -2.18. The third-order valence-corrected chi connectivity index (χ3v) is 3.13. The van der Waals surface area contributed by atoms with E-state index in [0.29, 0.717) is 5.56 Å². The lowest BCUT2D eigenvalue weighted by molar-refractivity contribution is -0.135. The second kappa shape index (κ2) is 3.26. The number of halogens is 3. The van der Waals surface area contributed by atoms with E-state index in [1.54, 1.807) is 33.1 Å². The Bertz CT molecular complexity index is 328. The van der Waals surface area contributed by atoms with Crippen molar-refractivity contribution in [2.45, 2.75) is 39.3 Å². The minimum Gasteiger partial charge on any atom is -0.165 e. The van der Waals surface area contributed by atoms with Gasteiger partial charge in [0.15, 0.2) is 0 Å². The van der Waals surface area contributed by atoms with E-state index in [-0.39, 0.29) is 0 Å². The molecule has 0 N–H and O–H groups in total. The minimum atomic E-state index is -4.22. The Morgan fingerprint density at radius 1 is 1.14 bits per heavy atom. The lowest BCUT2D eigenvalue weighted by atomic mass is 9.85. The highest BCUT2D eigenvalue weighted by atomic mass is 32.1. The summed E-state index contributed by atoms with van der Waals surface area (Å²) < 4.78 is 37.8. The Morgan fingerprint density at radius 2 is 1.64 bits per heavy atom. The first-order valence-electron chi connectivity index (χ1n) is 4.30. The molecule has 1 aromatic heterocycles. The van der Waals surface area contributed by atoms with Gasteiger partial charge in [-0.05, 0) is 28.8 Å². The van der Waals surface area contributed by atoms with E-state index >= 15 is 0 Å². The van der Waals surface area contributed by atoms with E-state index in [1.165, 1.54) is 0 Å². The molecule has 0 nitrogen and oxygen atoms in total. The normalized spacial score (nSPS) is 13.4. The van der Waals surface area contributed by atoms with E-state index < -0.39 is 16.5 Å². The standard InChI is InChI=1S/C10H13F3S/c1-6-5-14-8(10(11,12)13)7(6)9(2,3)4/h5H,1-4H3. The third kappa shape index (κ3) is 2.11. The predicted octanol–water partition coefficient (Wildman–Crippen LogP) is 4.37. The van der Waals surface area contributed by atoms with Crippen LogP contribution in [0.15, 0.2) is 5.38 Å². The van der Waals surface area contributed by atoms with E-state index in [1.807, 2.05) is 0 Å². The summed E-state index contributed by atoms with van der Waals surface area (Å²) in [6.45, 7) is 7.14. The van der Waals surface area contributed by atoms with Crippen molar-refractivity contribution >= 4 is 11.3 Å². The Balaban J connectivity index is 3.35. The molecule has 0 aliphatic rings. The molecule has 0 aromatic carbocycles. The number of hydrogen-bond donors (Lipinski definition) is 0. The average Bonchev–Trinajstić information content (AvgIpc) is 2.27. The molecule has 1 heterocycles. The topological polar surface area (TPSA) is 0 Å². The molecule has 0 unspecified atom stereocenters. The van der Waals surface area contributed by atoms with Crippen molar-refractivity contribution < 1.29 is 13.2 Å². The Hall–Kier alpha value is -0.510. The maximum Gasteiger partial charge on any atom is 0.425 e. The van der Waals surface area contributed by atoms with Crippen LogP contribution in [0.5, 0.6) is 0 Å². The second-order valence-corrected chi connectivity index (χ2v) is 5.25. The van der Waals surface area contributed by atoms with Crippen LogP contribution in [0.1, 0.15) is 36.8 Å². The number of thiophene rings is 1. The molecule has 0 atom stereocenters. The molecule has 0 amide bonds. The van der Waals surface area contributed by atoms with Crippen LogP contribution in [0.3, 0.4) is 0 Å². The fourth-order valence-electron chi connectivity index (χ4n) is 1.58. The summed E-state index contributed by atoms with van der Waals surface area (Å²) in [7, 11) is 0. The number of hydrogen-bond acceptors (Lipinski definition) is 1. The molecule has 0 bridgehead atoms. The SMILES string of the molecule is Cc1csc(C(F)(F)F)c1C(C)(C)C. The van der Waals surface area contributed by atoms with Crippen molar-refractivity contribution in [2.75, 3.05) is 0 Å². The van der Waals surface area contributed by atoms with Gasteiger partial charge in [-0.3, -0.25) is 0 Å². The summed E-state index contributed by atoms with van der Waals surface area (Å²) in [4.78, 5) is -0.456. The highest BCUT2D eigenvalue weighted by Crippen LogP contribution is 2.42. The van der Waals surface area contributed by atoms with Crippen molar-refractivity contribution in [1.29, 1.82) is 0 Å². The van der Waals surface area contributed by atoms with Gasteiger partial charge < -0.3 is 0 Å². The second-order valence-electron chi connectivity index (χ2n) is 4.37. The van der Waals surface area contributed by atoms with Crippen LogP contribution >= 0.6 is 11.3 Å². The molecule has 1 rings (SSSR count). The van der Waals surface area contributed by atoms with Crippen molar-refractivity contribution in [3.05, 3.63) is 21.4 Å². The Morgan fingerprint density at radius 3 is 1.93 bits per heavy atom. The quantitative estimate of drug-likeness (QED) is 0.611. The molecular weight excluding hydrogens is 209 g/mol. The van der Waals surface area contributed by atoms with E-state index in [9.17, 15) is 13.2 Å². The Labute approximate surface area is 85.8 Å². The van der Waals surface area contributed by atoms with Crippen molar-refractivity contribution in [3.8, 4) is 0 Å². The maximum atomic E-state index is 12.6. The van der Waals surface area contributed by atoms with Gasteiger partial charge >= 0.3 is 6.18 Å². The van der Waals surface area contributed by atoms with Crippen LogP contribution in [0, 0.1) is 6.92 Å². The van der Waals surface area contributed by atoms with Gasteiger partial charge in [0.05, 0.1) is 0 Å². The van der Waals surface area contributed by atoms with Crippen LogP contribution in [-0.4, -0.2) is 0 Å². The van der Waals surface area contributed by atoms with Gasteiger partial charge in [-0.15, -0.1) is 11.3 Å². The smallest absolute Gasteiger partial charge is 0.165 e. The summed E-state index contributed by atoms with van der Waals surface area (Å²) in [5, 5.41) is 1.57. The summed E-state index contributed by atoms with van der Waals surface area (Å²) in [5.74, 6) is 0. The zero-order valence-corrected chi connectivity index (χ0v) is 9.44. The van der Waals surface area contributed by atoms with Crippen LogP contribution in [0.4, 0.5) is 13.2 Å². The highest BCUT2D eigenvalue weighted by Gasteiger charge is 2.38. The fourth-order valence-corrected chi connectivity index (χ4v) is 2.72. The zero-order valence-electron chi connectivity index (χ0n) is 8.62. The summed E-state index contributed by atoms with van der Waals surface area (Å²) in [6.07, 6.45) is -4.22. The molecule has 0 aliphatic heterocycles. The first kappa shape index (κ1) is 11.6. The lowest BCUT2D eigenvalue weighted by Gasteiger charge is -2.22. The molecule has 0 saturated heterocycles. The largest absolute Gasteiger partial charge is 0.425 e. The monoisotopic (exact) mass is 222 g/mol. The molecule has 0 spiro atoms. The molecule has 0 aliphatic carbocycles. The van der Waals surface area contributed by atoms with Crippen molar-refractivity contribution in [2.24, 2.45) is 0 Å². The average molecular weight is 222 g/mol. The minimum absolute atomic E-state index is 0.426. The Kier molecular flexibility index (Phi) is 2.69. The van der Waals surface area contributed by atoms with Crippen LogP contribution in [0.2, 0.25) is 0 Å². The van der Waals surface area contributed by atoms with Gasteiger partial charge in [-0.25, -0.2) is 0 Å². The van der Waals surface area contributed by atoms with E-state index in [4.69, 9.17) is 0 Å². The highest BCUT2D eigenvalue weighted by molar-refractivity contribution is 7.10. The first-order valence-corrected chi connectivity index (χ1v) is 5.18. The van der Waals surface area contributed by atoms with Crippen molar-refractivity contribution in [1.82, 2.24) is 0 Å². The molecule has 80 valence electrons. The van der Waals surface area contributed by atoms with Gasteiger partial charge in [-0.1, -0.05) is 20.8 Å². The molecule has 0 fully saturated rings. The fraction of sp³-hybridized carbons (Fsp3) is 0.600. The van der Waals surface area contributed by atoms with Gasteiger partial charge in [-0.2, -0.15) is 13.2 Å². The zero-order chi connectivity index (χ0) is 11.1. The maximum absolute atomic E-state index is 12.6. The van der Waals surface area contributed by atoms with Gasteiger partial charge in [0.2, 0.25) is 0 Å². The molecule has 1 aromatic rings. The van der Waals surface area contributed by atoms with Crippen LogP contribution in [0.25, 0.3) is 0 Å². The molecule has 0 saturated carbocycles. The predicted molar refractivity (Wildman–Crippen MR) is 52.8 cm³/mol. The molecule has 0 radical (unpaired) electrons. The van der Waals surface area contributed by atoms with E-state index in [0.717, 1.165) is 16.9 Å². The molecule has 14 heavy (non-hydrogen) atoms. The van der Waals surface area contributed by atoms with Gasteiger partial charge in [0.1, 0.15) is 4.88 Å². The number of rotatable bonds is 0. The van der Waals surface area contributed by atoms with Crippen LogP contribution in [-0.2, 0) is 11.6 Å². The van der Waals surface area contributed by atoms with E-state index in [2.05, 4.69) is 0 Å². The van der Waals surface area contributed by atoms with Gasteiger partial charge in [0, 0.05) is 0 Å². The molecular formula is C10H13F3S. The molecule has 4 heteroatoms. The number of aryl methyl sites for hydroxylation is 1. The summed E-state index contributed by atoms with van der Waals surface area (Å²) >= 11 is 0.785.